The van der Waals surface area contributed by atoms with Crippen LogP contribution < -0.4 is 17.2 Å². The largest absolute Gasteiger partial charge is 0.394 e. The van der Waals surface area contributed by atoms with Crippen molar-refractivity contribution < 1.29 is 69.3 Å². The van der Waals surface area contributed by atoms with E-state index in [1.54, 1.807) is 0 Å². The predicted molar refractivity (Wildman–Crippen MR) is 121 cm³/mol. The first-order chi connectivity index (χ1) is 17.9. The van der Waals surface area contributed by atoms with Gasteiger partial charge in [0, 0.05) is 6.42 Å². The number of nitrogens with two attached hydrogens (primary N) is 3. The molecule has 3 saturated heterocycles. The number of carbonyl (C=O) groups is 1. The van der Waals surface area contributed by atoms with Gasteiger partial charge in [0.2, 0.25) is 0 Å². The molecule has 15 atom stereocenters. The summed E-state index contributed by atoms with van der Waals surface area (Å²) in [7, 11) is 0. The highest BCUT2D eigenvalue weighted by atomic mass is 16.7. The molecule has 3 rings (SSSR count). The molecule has 3 heterocycles. The van der Waals surface area contributed by atoms with Crippen LogP contribution in [0.25, 0.3) is 0 Å². The van der Waals surface area contributed by atoms with Crippen molar-refractivity contribution in [3.63, 3.8) is 0 Å². The Morgan fingerprint density at radius 2 is 1.29 bits per heavy atom. The number of ether oxygens (including phenoxy) is 5. The SMILES string of the molecule is CCC(=O)[C@]1(CO)O[C@H](OC2[C@@H](CO)O[C@@H](OC3[C@@H](CO)O[C@@H](O)[C@H](N)[C@H]3O)[C@H](N)[C@H]2O)[C@H](N)[C@@H](O)[C@@H]1O. The Morgan fingerprint density at radius 1 is 0.789 bits per heavy atom. The van der Waals surface area contributed by atoms with Gasteiger partial charge in [-0.15, -0.1) is 0 Å². The normalized spacial score (nSPS) is 50.1. The number of aliphatic hydroxyl groups excluding tert-OH is 8. The Morgan fingerprint density at radius 3 is 1.82 bits per heavy atom. The topological polar surface area (TPSA) is 303 Å². The first kappa shape index (κ1) is 31.6. The molecule has 0 saturated carbocycles. The van der Waals surface area contributed by atoms with Gasteiger partial charge in [-0.3, -0.25) is 4.79 Å². The third kappa shape index (κ3) is 5.61. The zero-order chi connectivity index (χ0) is 28.5. The van der Waals surface area contributed by atoms with Crippen LogP contribution in [0, 0.1) is 0 Å². The van der Waals surface area contributed by atoms with Gasteiger partial charge in [0.1, 0.15) is 48.8 Å². The molecule has 3 aliphatic rings. The number of hydrogen-bond acceptors (Lipinski definition) is 17. The van der Waals surface area contributed by atoms with Crippen LogP contribution in [0.5, 0.6) is 0 Å². The van der Waals surface area contributed by atoms with Gasteiger partial charge in [-0.2, -0.15) is 0 Å². The Balaban J connectivity index is 1.79. The molecule has 2 unspecified atom stereocenters. The van der Waals surface area contributed by atoms with E-state index in [1.165, 1.54) is 6.92 Å². The van der Waals surface area contributed by atoms with Gasteiger partial charge in [0.25, 0.3) is 0 Å². The van der Waals surface area contributed by atoms with E-state index < -0.39 is 117 Å². The van der Waals surface area contributed by atoms with Crippen LogP contribution in [0.4, 0.5) is 0 Å². The van der Waals surface area contributed by atoms with Crippen molar-refractivity contribution in [1.29, 1.82) is 0 Å². The molecule has 0 aromatic heterocycles. The fourth-order valence-electron chi connectivity index (χ4n) is 4.83. The number of ketones is 1. The van der Waals surface area contributed by atoms with Crippen molar-refractivity contribution >= 4 is 5.78 Å². The second-order valence-electron chi connectivity index (χ2n) is 9.63. The van der Waals surface area contributed by atoms with E-state index in [4.69, 9.17) is 40.9 Å². The lowest BCUT2D eigenvalue weighted by Gasteiger charge is -2.50. The third-order valence-corrected chi connectivity index (χ3v) is 7.27. The van der Waals surface area contributed by atoms with Gasteiger partial charge in [0.15, 0.2) is 30.3 Å². The summed E-state index contributed by atoms with van der Waals surface area (Å²) in [5.74, 6) is -0.744. The van der Waals surface area contributed by atoms with E-state index in [9.17, 15) is 45.6 Å². The van der Waals surface area contributed by atoms with Gasteiger partial charge >= 0.3 is 0 Å². The summed E-state index contributed by atoms with van der Waals surface area (Å²) in [5.41, 5.74) is 15.5. The number of aliphatic hydroxyl groups is 8. The fourth-order valence-corrected chi connectivity index (χ4v) is 4.83. The average Bonchev–Trinajstić information content (AvgIpc) is 2.92. The molecule has 3 aliphatic heterocycles. The molecule has 3 fully saturated rings. The van der Waals surface area contributed by atoms with Crippen LogP contribution in [0.15, 0.2) is 0 Å². The average molecular weight is 558 g/mol. The molecule has 222 valence electrons. The van der Waals surface area contributed by atoms with Gasteiger partial charge in [-0.1, -0.05) is 6.92 Å². The molecule has 0 radical (unpaired) electrons. The van der Waals surface area contributed by atoms with Gasteiger partial charge in [0.05, 0.1) is 37.9 Å². The molecule has 0 bridgehead atoms. The quantitative estimate of drug-likeness (QED) is 0.125. The van der Waals surface area contributed by atoms with Crippen molar-refractivity contribution in [3.05, 3.63) is 0 Å². The number of carbonyl (C=O) groups excluding carboxylic acids is 1. The van der Waals surface area contributed by atoms with E-state index >= 15 is 0 Å². The van der Waals surface area contributed by atoms with Crippen LogP contribution >= 0.6 is 0 Å². The van der Waals surface area contributed by atoms with E-state index in [1.807, 2.05) is 0 Å². The molecule has 0 aliphatic carbocycles. The molecule has 17 heteroatoms. The zero-order valence-corrected chi connectivity index (χ0v) is 20.7. The van der Waals surface area contributed by atoms with E-state index in [-0.39, 0.29) is 6.42 Å². The summed E-state index contributed by atoms with van der Waals surface area (Å²) >= 11 is 0. The van der Waals surface area contributed by atoms with Crippen molar-refractivity contribution in [2.75, 3.05) is 19.8 Å². The van der Waals surface area contributed by atoms with Gasteiger partial charge < -0.3 is 81.7 Å². The van der Waals surface area contributed by atoms with Crippen molar-refractivity contribution in [3.8, 4) is 0 Å². The second kappa shape index (κ2) is 12.7. The van der Waals surface area contributed by atoms with Crippen LogP contribution in [-0.4, -0.2) is 158 Å². The monoisotopic (exact) mass is 557 g/mol. The Labute approximate surface area is 217 Å². The summed E-state index contributed by atoms with van der Waals surface area (Å²) < 4.78 is 27.7. The first-order valence-corrected chi connectivity index (χ1v) is 12.2. The lowest BCUT2D eigenvalue weighted by molar-refractivity contribution is -0.355. The maximum Gasteiger partial charge on any atom is 0.180 e. The molecular weight excluding hydrogens is 518 g/mol. The lowest BCUT2D eigenvalue weighted by atomic mass is 9.82. The predicted octanol–water partition coefficient (Wildman–Crippen LogP) is -7.32. The van der Waals surface area contributed by atoms with Crippen LogP contribution in [-0.2, 0) is 28.5 Å². The molecule has 0 aromatic carbocycles. The first-order valence-electron chi connectivity index (χ1n) is 12.2. The number of rotatable bonds is 9. The van der Waals surface area contributed by atoms with Crippen LogP contribution in [0.3, 0.4) is 0 Å². The minimum atomic E-state index is -2.27. The Kier molecular flexibility index (Phi) is 10.5. The third-order valence-electron chi connectivity index (χ3n) is 7.27. The Hall–Kier alpha value is -0.970. The minimum absolute atomic E-state index is 0.170. The summed E-state index contributed by atoms with van der Waals surface area (Å²) in [6.07, 6.45) is -17.2. The summed E-state index contributed by atoms with van der Waals surface area (Å²) in [6, 6.07) is -4.17. The van der Waals surface area contributed by atoms with Crippen molar-refractivity contribution in [2.45, 2.75) is 105 Å². The Bertz CT molecular complexity index is 794. The lowest BCUT2D eigenvalue weighted by Crippen LogP contribution is -2.73. The van der Waals surface area contributed by atoms with E-state index in [0.29, 0.717) is 0 Å². The maximum atomic E-state index is 12.5. The summed E-state index contributed by atoms with van der Waals surface area (Å²) in [6.45, 7) is -1.01. The zero-order valence-electron chi connectivity index (χ0n) is 20.7. The summed E-state index contributed by atoms with van der Waals surface area (Å²) in [5, 5.41) is 81.5. The number of Topliss-reactive ketones (excluding diaryl/α,β-unsaturated/α-hetero) is 1. The molecule has 0 amide bonds. The molecule has 38 heavy (non-hydrogen) atoms. The highest BCUT2D eigenvalue weighted by Gasteiger charge is 2.58. The van der Waals surface area contributed by atoms with E-state index in [2.05, 4.69) is 0 Å². The van der Waals surface area contributed by atoms with Crippen LogP contribution in [0.1, 0.15) is 13.3 Å². The molecule has 14 N–H and O–H groups in total. The highest BCUT2D eigenvalue weighted by Crippen LogP contribution is 2.35. The maximum absolute atomic E-state index is 12.5. The molecule has 0 spiro atoms. The standard InChI is InChI=1S/C21H39N3O14/c1-2-8(28)21(5-27)17(32)14(31)11(24)20(38-21)37-16-7(4-26)35-19(10(23)13(16)30)36-15-6(3-25)34-18(33)9(22)12(15)29/h6-7,9-20,25-27,29-33H,2-5,22-24H2,1H3/t6-,7-,9-,10-,11-,12-,13-,14-,15?,16?,17+,18-,19+,20+,21+/m1/s1. The smallest absolute Gasteiger partial charge is 0.180 e. The molecule has 17 nitrogen and oxygen atoms in total. The highest BCUT2D eigenvalue weighted by molar-refractivity contribution is 5.88. The second-order valence-corrected chi connectivity index (χ2v) is 9.63. The van der Waals surface area contributed by atoms with Gasteiger partial charge in [-0.25, -0.2) is 0 Å². The molecule has 0 aromatic rings. The number of hydrogen-bond donors (Lipinski definition) is 11. The fraction of sp³-hybridized carbons (Fsp3) is 0.952. The molecular formula is C21H39N3O14. The van der Waals surface area contributed by atoms with Crippen molar-refractivity contribution in [1.82, 2.24) is 0 Å². The van der Waals surface area contributed by atoms with Crippen LogP contribution in [0.2, 0.25) is 0 Å². The summed E-state index contributed by atoms with van der Waals surface area (Å²) in [4.78, 5) is 12.5. The van der Waals surface area contributed by atoms with Crippen molar-refractivity contribution in [2.24, 2.45) is 17.2 Å². The van der Waals surface area contributed by atoms with E-state index in [0.717, 1.165) is 0 Å². The van der Waals surface area contributed by atoms with Gasteiger partial charge in [-0.05, 0) is 0 Å². The minimum Gasteiger partial charge on any atom is -0.394 e.